The van der Waals surface area contributed by atoms with Crippen LogP contribution in [0.3, 0.4) is 0 Å². The summed E-state index contributed by atoms with van der Waals surface area (Å²) in [4.78, 5) is 9.02. The Kier molecular flexibility index (Phi) is 10.2. The minimum absolute atomic E-state index is 0. The molecule has 2 rings (SSSR count). The molecule has 1 fully saturated rings. The number of nitrogens with one attached hydrogen (secondary N) is 1. The van der Waals surface area contributed by atoms with Gasteiger partial charge in [0.1, 0.15) is 5.75 Å². The van der Waals surface area contributed by atoms with Crippen molar-refractivity contribution >= 4 is 29.9 Å². The van der Waals surface area contributed by atoms with Gasteiger partial charge in [-0.3, -0.25) is 4.99 Å². The molecule has 0 aliphatic carbocycles. The van der Waals surface area contributed by atoms with E-state index in [0.29, 0.717) is 12.5 Å². The largest absolute Gasteiger partial charge is 0.494 e. The molecule has 1 atom stereocenters. The molecular weight excluding hydrogens is 427 g/mol. The normalized spacial score (nSPS) is 18.4. The van der Waals surface area contributed by atoms with Gasteiger partial charge < -0.3 is 19.9 Å². The van der Waals surface area contributed by atoms with Gasteiger partial charge >= 0.3 is 0 Å². The monoisotopic (exact) mass is 460 g/mol. The zero-order chi connectivity index (χ0) is 17.4. The highest BCUT2D eigenvalue weighted by Gasteiger charge is 2.18. The minimum Gasteiger partial charge on any atom is -0.494 e. The lowest BCUT2D eigenvalue weighted by molar-refractivity contribution is 0.209. The highest BCUT2D eigenvalue weighted by Crippen LogP contribution is 2.15. The van der Waals surface area contributed by atoms with Crippen LogP contribution in [0.4, 0.5) is 0 Å². The third kappa shape index (κ3) is 7.40. The fourth-order valence-electron chi connectivity index (χ4n) is 3.27. The van der Waals surface area contributed by atoms with E-state index in [1.807, 2.05) is 26.1 Å². The van der Waals surface area contributed by atoms with Gasteiger partial charge in [-0.25, -0.2) is 0 Å². The molecule has 0 bridgehead atoms. The van der Waals surface area contributed by atoms with Gasteiger partial charge in [0, 0.05) is 33.7 Å². The molecular formula is C19H33IN4O. The average Bonchev–Trinajstić information content (AvgIpc) is 2.57. The third-order valence-corrected chi connectivity index (χ3v) is 4.50. The fourth-order valence-corrected chi connectivity index (χ4v) is 3.27. The second kappa shape index (κ2) is 11.6. The van der Waals surface area contributed by atoms with Gasteiger partial charge in [-0.1, -0.05) is 12.1 Å². The summed E-state index contributed by atoms with van der Waals surface area (Å²) in [5.74, 6) is 2.59. The molecule has 0 amide bonds. The second-order valence-corrected chi connectivity index (χ2v) is 6.63. The topological polar surface area (TPSA) is 40.1 Å². The van der Waals surface area contributed by atoms with Crippen molar-refractivity contribution in [3.05, 3.63) is 29.8 Å². The summed E-state index contributed by atoms with van der Waals surface area (Å²) >= 11 is 0. The summed E-state index contributed by atoms with van der Waals surface area (Å²) in [6.45, 7) is 6.92. The van der Waals surface area contributed by atoms with E-state index in [1.165, 1.54) is 31.5 Å². The van der Waals surface area contributed by atoms with Crippen molar-refractivity contribution in [3.63, 3.8) is 0 Å². The van der Waals surface area contributed by atoms with Gasteiger partial charge in [-0.05, 0) is 57.0 Å². The number of aliphatic imine (C=N–C) groups is 1. The quantitative estimate of drug-likeness (QED) is 0.403. The molecule has 1 aliphatic heterocycles. The van der Waals surface area contributed by atoms with E-state index in [2.05, 4.69) is 46.3 Å². The van der Waals surface area contributed by atoms with Crippen LogP contribution in [-0.2, 0) is 6.54 Å². The maximum absolute atomic E-state index is 5.50. The van der Waals surface area contributed by atoms with Crippen LogP contribution in [0.25, 0.3) is 0 Å². The highest BCUT2D eigenvalue weighted by molar-refractivity contribution is 14.0. The lowest BCUT2D eigenvalue weighted by atomic mass is 9.98. The van der Waals surface area contributed by atoms with Crippen molar-refractivity contribution in [2.75, 3.05) is 47.4 Å². The molecule has 1 N–H and O–H groups in total. The summed E-state index contributed by atoms with van der Waals surface area (Å²) < 4.78 is 5.50. The fraction of sp³-hybridized carbons (Fsp3) is 0.632. The van der Waals surface area contributed by atoms with Crippen molar-refractivity contribution in [2.45, 2.75) is 26.3 Å². The third-order valence-electron chi connectivity index (χ3n) is 4.50. The van der Waals surface area contributed by atoms with Crippen LogP contribution in [0.5, 0.6) is 5.75 Å². The Bertz CT molecular complexity index is 521. The summed E-state index contributed by atoms with van der Waals surface area (Å²) in [5.41, 5.74) is 1.25. The van der Waals surface area contributed by atoms with E-state index in [0.717, 1.165) is 24.8 Å². The van der Waals surface area contributed by atoms with Crippen molar-refractivity contribution in [2.24, 2.45) is 10.9 Å². The molecule has 1 aromatic rings. The first-order chi connectivity index (χ1) is 11.6. The molecule has 1 saturated heterocycles. The van der Waals surface area contributed by atoms with Crippen molar-refractivity contribution in [3.8, 4) is 5.75 Å². The van der Waals surface area contributed by atoms with Gasteiger partial charge in [0.15, 0.2) is 5.96 Å². The minimum atomic E-state index is 0. The number of rotatable bonds is 6. The Morgan fingerprint density at radius 2 is 2.08 bits per heavy atom. The SMILES string of the molecule is CCOc1ccc(CN(C)C(=NC)NCC2CCCN(C)C2)cc1.I. The van der Waals surface area contributed by atoms with E-state index in [9.17, 15) is 0 Å². The second-order valence-electron chi connectivity index (χ2n) is 6.63. The maximum atomic E-state index is 5.50. The molecule has 1 heterocycles. The molecule has 0 aromatic heterocycles. The zero-order valence-corrected chi connectivity index (χ0v) is 18.3. The highest BCUT2D eigenvalue weighted by atomic mass is 127. The molecule has 6 heteroatoms. The average molecular weight is 460 g/mol. The molecule has 1 aromatic carbocycles. The summed E-state index contributed by atoms with van der Waals surface area (Å²) in [7, 11) is 6.14. The van der Waals surface area contributed by atoms with Crippen LogP contribution in [0.15, 0.2) is 29.3 Å². The Labute approximate surface area is 169 Å². The standard InChI is InChI=1S/C19H32N4O.HI/c1-5-24-18-10-8-16(9-11-18)15-23(4)19(20-2)21-13-17-7-6-12-22(3)14-17;/h8-11,17H,5-7,12-15H2,1-4H3,(H,20,21);1H. The zero-order valence-electron chi connectivity index (χ0n) is 16.0. The molecule has 25 heavy (non-hydrogen) atoms. The van der Waals surface area contributed by atoms with Crippen LogP contribution in [0.1, 0.15) is 25.3 Å². The van der Waals surface area contributed by atoms with Crippen LogP contribution >= 0.6 is 24.0 Å². The summed E-state index contributed by atoms with van der Waals surface area (Å²) in [6, 6.07) is 8.29. The first kappa shape index (κ1) is 22.0. The molecule has 0 spiro atoms. The van der Waals surface area contributed by atoms with Gasteiger partial charge in [0.05, 0.1) is 6.61 Å². The van der Waals surface area contributed by atoms with Gasteiger partial charge in [-0.2, -0.15) is 0 Å². The summed E-state index contributed by atoms with van der Waals surface area (Å²) in [6.07, 6.45) is 2.60. The number of piperidine rings is 1. The number of benzene rings is 1. The molecule has 0 radical (unpaired) electrons. The van der Waals surface area contributed by atoms with Crippen LogP contribution in [-0.4, -0.2) is 63.1 Å². The first-order valence-electron chi connectivity index (χ1n) is 8.94. The lowest BCUT2D eigenvalue weighted by Crippen LogP contribution is -2.44. The van der Waals surface area contributed by atoms with Crippen LogP contribution in [0.2, 0.25) is 0 Å². The van der Waals surface area contributed by atoms with Gasteiger partial charge in [0.25, 0.3) is 0 Å². The Hall–Kier alpha value is -1.02. The van der Waals surface area contributed by atoms with Crippen molar-refractivity contribution < 1.29 is 4.74 Å². The molecule has 5 nitrogen and oxygen atoms in total. The molecule has 142 valence electrons. The Morgan fingerprint density at radius 3 is 2.68 bits per heavy atom. The van der Waals surface area contributed by atoms with Gasteiger partial charge in [-0.15, -0.1) is 24.0 Å². The predicted octanol–water partition coefficient (Wildman–Crippen LogP) is 3.05. The number of ether oxygens (including phenoxy) is 1. The smallest absolute Gasteiger partial charge is 0.193 e. The van der Waals surface area contributed by atoms with E-state index >= 15 is 0 Å². The van der Waals surface area contributed by atoms with Gasteiger partial charge in [0.2, 0.25) is 0 Å². The lowest BCUT2D eigenvalue weighted by Gasteiger charge is -2.31. The number of hydrogen-bond donors (Lipinski definition) is 1. The first-order valence-corrected chi connectivity index (χ1v) is 8.94. The number of hydrogen-bond acceptors (Lipinski definition) is 3. The van der Waals surface area contributed by atoms with E-state index < -0.39 is 0 Å². The summed E-state index contributed by atoms with van der Waals surface area (Å²) in [5, 5.41) is 3.54. The van der Waals surface area contributed by atoms with Crippen LogP contribution in [0, 0.1) is 5.92 Å². The number of likely N-dealkylation sites (tertiary alicyclic amines) is 1. The molecule has 1 aliphatic rings. The number of halogens is 1. The van der Waals surface area contributed by atoms with E-state index in [4.69, 9.17) is 4.74 Å². The Balaban J connectivity index is 0.00000312. The van der Waals surface area contributed by atoms with E-state index in [-0.39, 0.29) is 24.0 Å². The van der Waals surface area contributed by atoms with Crippen molar-refractivity contribution in [1.29, 1.82) is 0 Å². The molecule has 1 unspecified atom stereocenters. The molecule has 0 saturated carbocycles. The van der Waals surface area contributed by atoms with Crippen molar-refractivity contribution in [1.82, 2.24) is 15.1 Å². The van der Waals surface area contributed by atoms with Crippen LogP contribution < -0.4 is 10.1 Å². The number of nitrogens with zero attached hydrogens (tertiary/aromatic N) is 3. The predicted molar refractivity (Wildman–Crippen MR) is 116 cm³/mol. The Morgan fingerprint density at radius 1 is 1.36 bits per heavy atom. The van der Waals surface area contributed by atoms with E-state index in [1.54, 1.807) is 0 Å². The maximum Gasteiger partial charge on any atom is 0.193 e. The number of guanidine groups is 1.